The van der Waals surface area contributed by atoms with Crippen molar-refractivity contribution < 1.29 is 13.9 Å². The van der Waals surface area contributed by atoms with Crippen LogP contribution in [0.25, 0.3) is 0 Å². The lowest BCUT2D eigenvalue weighted by Gasteiger charge is -2.15. The predicted octanol–water partition coefficient (Wildman–Crippen LogP) is 1.47. The standard InChI is InChI=1S/C8H10BrF2N3O/c9-6-1-5(12)2-13-7(6)14-3-8(10,11)4-15/h1-2,15H,3-4,12H2,(H,13,14). The lowest BCUT2D eigenvalue weighted by Crippen LogP contribution is -2.31. The van der Waals surface area contributed by atoms with E-state index in [1.54, 1.807) is 6.07 Å². The Kier molecular flexibility index (Phi) is 3.81. The Hall–Kier alpha value is -0.950. The monoisotopic (exact) mass is 281 g/mol. The highest BCUT2D eigenvalue weighted by Gasteiger charge is 2.27. The van der Waals surface area contributed by atoms with Crippen LogP contribution in [-0.2, 0) is 0 Å². The van der Waals surface area contributed by atoms with Crippen LogP contribution in [0.15, 0.2) is 16.7 Å². The van der Waals surface area contributed by atoms with Crippen molar-refractivity contribution in [2.45, 2.75) is 5.92 Å². The van der Waals surface area contributed by atoms with Gasteiger partial charge in [0.15, 0.2) is 0 Å². The largest absolute Gasteiger partial charge is 0.397 e. The fourth-order valence-corrected chi connectivity index (χ4v) is 1.36. The molecule has 0 spiro atoms. The van der Waals surface area contributed by atoms with Crippen molar-refractivity contribution in [3.8, 4) is 0 Å². The van der Waals surface area contributed by atoms with E-state index in [4.69, 9.17) is 10.8 Å². The average molecular weight is 282 g/mol. The lowest BCUT2D eigenvalue weighted by molar-refractivity contribution is -0.0373. The minimum atomic E-state index is -3.16. The second kappa shape index (κ2) is 4.71. The van der Waals surface area contributed by atoms with Gasteiger partial charge in [0.25, 0.3) is 5.92 Å². The van der Waals surface area contributed by atoms with Gasteiger partial charge in [-0.25, -0.2) is 13.8 Å². The predicted molar refractivity (Wildman–Crippen MR) is 56.9 cm³/mol. The van der Waals surface area contributed by atoms with Gasteiger partial charge in [-0.15, -0.1) is 0 Å². The first kappa shape index (κ1) is 12.1. The van der Waals surface area contributed by atoms with Crippen LogP contribution in [0, 0.1) is 0 Å². The van der Waals surface area contributed by atoms with Crippen molar-refractivity contribution in [3.05, 3.63) is 16.7 Å². The summed E-state index contributed by atoms with van der Waals surface area (Å²) < 4.78 is 25.8. The first-order valence-electron chi connectivity index (χ1n) is 4.08. The van der Waals surface area contributed by atoms with E-state index < -0.39 is 19.1 Å². The van der Waals surface area contributed by atoms with Crippen LogP contribution in [0.1, 0.15) is 0 Å². The maximum Gasteiger partial charge on any atom is 0.287 e. The van der Waals surface area contributed by atoms with E-state index in [1.807, 2.05) is 0 Å². The number of pyridine rings is 1. The molecule has 1 aromatic rings. The molecular formula is C8H10BrF2N3O. The molecular weight excluding hydrogens is 272 g/mol. The summed E-state index contributed by atoms with van der Waals surface area (Å²) in [6, 6.07) is 1.55. The molecule has 84 valence electrons. The molecule has 15 heavy (non-hydrogen) atoms. The van der Waals surface area contributed by atoms with E-state index in [2.05, 4.69) is 26.2 Å². The van der Waals surface area contributed by atoms with Crippen LogP contribution in [0.3, 0.4) is 0 Å². The van der Waals surface area contributed by atoms with E-state index in [0.717, 1.165) is 0 Å². The van der Waals surface area contributed by atoms with Gasteiger partial charge in [-0.1, -0.05) is 0 Å². The maximum absolute atomic E-state index is 12.7. The van der Waals surface area contributed by atoms with Gasteiger partial charge in [0.2, 0.25) is 0 Å². The highest BCUT2D eigenvalue weighted by atomic mass is 79.9. The summed E-state index contributed by atoms with van der Waals surface area (Å²) >= 11 is 3.12. The molecule has 0 bridgehead atoms. The number of aliphatic hydroxyl groups excluding tert-OH is 1. The summed E-state index contributed by atoms with van der Waals surface area (Å²) in [6.07, 6.45) is 1.35. The molecule has 1 aromatic heterocycles. The first-order chi connectivity index (χ1) is 6.94. The third-order valence-corrected chi connectivity index (χ3v) is 2.21. The Labute approximate surface area is 93.6 Å². The molecule has 1 heterocycles. The molecule has 0 saturated carbocycles. The molecule has 1 rings (SSSR count). The molecule has 0 aliphatic rings. The molecule has 0 aliphatic carbocycles. The van der Waals surface area contributed by atoms with Crippen LogP contribution in [0.4, 0.5) is 20.3 Å². The topological polar surface area (TPSA) is 71.2 Å². The fourth-order valence-electron chi connectivity index (χ4n) is 0.852. The zero-order valence-corrected chi connectivity index (χ0v) is 9.26. The first-order valence-corrected chi connectivity index (χ1v) is 4.87. The van der Waals surface area contributed by atoms with E-state index in [0.29, 0.717) is 10.2 Å². The molecule has 0 atom stereocenters. The summed E-state index contributed by atoms with van der Waals surface area (Å²) in [5, 5.41) is 10.8. The molecule has 0 aliphatic heterocycles. The normalized spacial score (nSPS) is 11.5. The number of halogens is 3. The minimum absolute atomic E-state index is 0.261. The Bertz CT molecular complexity index is 349. The lowest BCUT2D eigenvalue weighted by atomic mass is 10.3. The summed E-state index contributed by atoms with van der Waals surface area (Å²) in [7, 11) is 0. The quantitative estimate of drug-likeness (QED) is 0.782. The third kappa shape index (κ3) is 3.60. The highest BCUT2D eigenvalue weighted by Crippen LogP contribution is 2.23. The second-order valence-electron chi connectivity index (χ2n) is 2.97. The second-order valence-corrected chi connectivity index (χ2v) is 3.82. The Balaban J connectivity index is 2.66. The van der Waals surface area contributed by atoms with E-state index in [-0.39, 0.29) is 5.82 Å². The van der Waals surface area contributed by atoms with Gasteiger partial charge in [0, 0.05) is 0 Å². The van der Waals surface area contributed by atoms with Crippen molar-refractivity contribution in [3.63, 3.8) is 0 Å². The fraction of sp³-hybridized carbons (Fsp3) is 0.375. The van der Waals surface area contributed by atoms with Crippen LogP contribution in [0.2, 0.25) is 0 Å². The average Bonchev–Trinajstić information content (AvgIpc) is 2.16. The molecule has 0 fully saturated rings. The van der Waals surface area contributed by atoms with Crippen molar-refractivity contribution in [2.24, 2.45) is 0 Å². The number of aromatic nitrogens is 1. The molecule has 0 saturated heterocycles. The molecule has 0 unspecified atom stereocenters. The third-order valence-electron chi connectivity index (χ3n) is 1.61. The SMILES string of the molecule is Nc1cnc(NCC(F)(F)CO)c(Br)c1. The number of nitrogens with two attached hydrogens (primary N) is 1. The number of hydrogen-bond acceptors (Lipinski definition) is 4. The molecule has 0 radical (unpaired) electrons. The molecule has 0 amide bonds. The van der Waals surface area contributed by atoms with Crippen LogP contribution < -0.4 is 11.1 Å². The molecule has 7 heteroatoms. The van der Waals surface area contributed by atoms with Crippen molar-refractivity contribution >= 4 is 27.4 Å². The Morgan fingerprint density at radius 2 is 2.27 bits per heavy atom. The van der Waals surface area contributed by atoms with Crippen molar-refractivity contribution in [1.82, 2.24) is 4.98 Å². The van der Waals surface area contributed by atoms with Gasteiger partial charge < -0.3 is 16.2 Å². The van der Waals surface area contributed by atoms with E-state index >= 15 is 0 Å². The van der Waals surface area contributed by atoms with E-state index in [1.165, 1.54) is 6.20 Å². The molecule has 4 nitrogen and oxygen atoms in total. The minimum Gasteiger partial charge on any atom is -0.397 e. The number of rotatable bonds is 4. The smallest absolute Gasteiger partial charge is 0.287 e. The Morgan fingerprint density at radius 3 is 2.80 bits per heavy atom. The zero-order valence-electron chi connectivity index (χ0n) is 7.67. The van der Waals surface area contributed by atoms with Gasteiger partial charge in [0.05, 0.1) is 22.9 Å². The van der Waals surface area contributed by atoms with Crippen LogP contribution >= 0.6 is 15.9 Å². The molecule has 4 N–H and O–H groups in total. The van der Waals surface area contributed by atoms with Gasteiger partial charge >= 0.3 is 0 Å². The van der Waals surface area contributed by atoms with Crippen molar-refractivity contribution in [2.75, 3.05) is 24.2 Å². The van der Waals surface area contributed by atoms with Crippen molar-refractivity contribution in [1.29, 1.82) is 0 Å². The summed E-state index contributed by atoms with van der Waals surface area (Å²) in [5.74, 6) is -2.90. The number of nitrogen functional groups attached to an aromatic ring is 1. The van der Waals surface area contributed by atoms with Gasteiger partial charge in [-0.05, 0) is 22.0 Å². The van der Waals surface area contributed by atoms with E-state index in [9.17, 15) is 8.78 Å². The summed E-state index contributed by atoms with van der Waals surface area (Å²) in [5.41, 5.74) is 5.86. The number of anilines is 2. The van der Waals surface area contributed by atoms with Gasteiger partial charge in [0.1, 0.15) is 12.4 Å². The highest BCUT2D eigenvalue weighted by molar-refractivity contribution is 9.10. The maximum atomic E-state index is 12.7. The molecule has 0 aromatic carbocycles. The number of nitrogens with one attached hydrogen (secondary N) is 1. The summed E-state index contributed by atoms with van der Waals surface area (Å²) in [6.45, 7) is -1.88. The number of alkyl halides is 2. The Morgan fingerprint density at radius 1 is 1.60 bits per heavy atom. The number of aliphatic hydroxyl groups is 1. The number of nitrogens with zero attached hydrogens (tertiary/aromatic N) is 1. The number of hydrogen-bond donors (Lipinski definition) is 3. The zero-order chi connectivity index (χ0) is 11.5. The van der Waals surface area contributed by atoms with Gasteiger partial charge in [-0.2, -0.15) is 0 Å². The van der Waals surface area contributed by atoms with Crippen LogP contribution in [0.5, 0.6) is 0 Å². The van der Waals surface area contributed by atoms with Gasteiger partial charge in [-0.3, -0.25) is 0 Å². The van der Waals surface area contributed by atoms with Crippen LogP contribution in [-0.4, -0.2) is 29.2 Å². The summed E-state index contributed by atoms with van der Waals surface area (Å²) in [4.78, 5) is 3.82.